The first-order valence-corrected chi connectivity index (χ1v) is 13.0. The normalized spacial score (nSPS) is 18.3. The summed E-state index contributed by atoms with van der Waals surface area (Å²) in [6.45, 7) is 4.76. The third kappa shape index (κ3) is 4.99. The maximum atomic E-state index is 13.1. The molecule has 184 valence electrons. The van der Waals surface area contributed by atoms with Crippen molar-refractivity contribution >= 4 is 23.1 Å². The zero-order valence-electron chi connectivity index (χ0n) is 20.4. The Labute approximate surface area is 210 Å². The monoisotopic (exact) mass is 492 g/mol. The first-order chi connectivity index (χ1) is 17.2. The molecule has 0 aliphatic carbocycles. The highest BCUT2D eigenvalue weighted by atomic mass is 32.1. The van der Waals surface area contributed by atoms with Crippen LogP contribution in [0.3, 0.4) is 0 Å². The fourth-order valence-electron chi connectivity index (χ4n) is 5.14. The zero-order valence-corrected chi connectivity index (χ0v) is 21.2. The molecule has 4 heterocycles. The Balaban J connectivity index is 1.26. The third-order valence-corrected chi connectivity index (χ3v) is 7.93. The summed E-state index contributed by atoms with van der Waals surface area (Å²) in [5, 5.41) is 2.12. The molecule has 1 fully saturated rings. The van der Waals surface area contributed by atoms with E-state index in [9.17, 15) is 4.79 Å². The van der Waals surface area contributed by atoms with Crippen molar-refractivity contribution in [3.8, 4) is 11.5 Å². The van der Waals surface area contributed by atoms with E-state index in [1.807, 2.05) is 29.3 Å². The molecule has 7 nitrogen and oxygen atoms in total. The first kappa shape index (κ1) is 23.6. The third-order valence-electron chi connectivity index (χ3n) is 7.00. The van der Waals surface area contributed by atoms with E-state index < -0.39 is 0 Å². The lowest BCUT2D eigenvalue weighted by molar-refractivity contribution is -0.131. The number of thiophene rings is 1. The smallest absolute Gasteiger partial charge is 0.223 e. The van der Waals surface area contributed by atoms with Crippen molar-refractivity contribution in [2.45, 2.75) is 18.9 Å². The molecule has 8 heteroatoms. The Morgan fingerprint density at radius 1 is 1.03 bits per heavy atom. The van der Waals surface area contributed by atoms with Crippen LogP contribution in [0.5, 0.6) is 11.5 Å². The number of benzene rings is 1. The van der Waals surface area contributed by atoms with Gasteiger partial charge in [-0.2, -0.15) is 0 Å². The van der Waals surface area contributed by atoms with Crippen LogP contribution in [0.4, 0.5) is 5.82 Å². The topological polar surface area (TPSA) is 58.1 Å². The van der Waals surface area contributed by atoms with Crippen LogP contribution in [-0.4, -0.2) is 74.2 Å². The number of rotatable bonds is 7. The maximum absolute atomic E-state index is 13.1. The summed E-state index contributed by atoms with van der Waals surface area (Å²) in [7, 11) is 3.36. The van der Waals surface area contributed by atoms with Gasteiger partial charge in [0.25, 0.3) is 0 Å². The van der Waals surface area contributed by atoms with Gasteiger partial charge in [0, 0.05) is 56.8 Å². The van der Waals surface area contributed by atoms with Crippen molar-refractivity contribution in [1.29, 1.82) is 0 Å². The molecular formula is C27H32N4O3S. The van der Waals surface area contributed by atoms with Gasteiger partial charge in [-0.3, -0.25) is 9.69 Å². The largest absolute Gasteiger partial charge is 0.493 e. The second kappa shape index (κ2) is 10.7. The minimum atomic E-state index is 0.118. The number of ether oxygens (including phenoxy) is 2. The molecule has 0 radical (unpaired) electrons. The summed E-state index contributed by atoms with van der Waals surface area (Å²) in [5.74, 6) is 2.73. The van der Waals surface area contributed by atoms with Gasteiger partial charge in [0.1, 0.15) is 5.82 Å². The van der Waals surface area contributed by atoms with Gasteiger partial charge in [0.05, 0.1) is 20.3 Å². The molecule has 0 N–H and O–H groups in total. The van der Waals surface area contributed by atoms with E-state index >= 15 is 0 Å². The number of anilines is 1. The number of carbonyl (C=O) groups is 1. The molecule has 1 saturated heterocycles. The summed E-state index contributed by atoms with van der Waals surface area (Å²) >= 11 is 1.76. The van der Waals surface area contributed by atoms with Crippen LogP contribution in [0.1, 0.15) is 28.5 Å². The van der Waals surface area contributed by atoms with Crippen molar-refractivity contribution in [3.05, 3.63) is 70.0 Å². The molecule has 1 aromatic carbocycles. The molecule has 3 aromatic rings. The van der Waals surface area contributed by atoms with Crippen LogP contribution >= 0.6 is 11.3 Å². The summed E-state index contributed by atoms with van der Waals surface area (Å²) in [6, 6.07) is 14.6. The number of pyridine rings is 1. The molecule has 1 amide bonds. The number of hydrogen-bond donors (Lipinski definition) is 0. The van der Waals surface area contributed by atoms with Crippen molar-refractivity contribution in [1.82, 2.24) is 14.8 Å². The zero-order chi connectivity index (χ0) is 24.2. The lowest BCUT2D eigenvalue weighted by Gasteiger charge is -2.38. The van der Waals surface area contributed by atoms with Gasteiger partial charge in [-0.1, -0.05) is 12.1 Å². The highest BCUT2D eigenvalue weighted by molar-refractivity contribution is 7.10. The summed E-state index contributed by atoms with van der Waals surface area (Å²) in [5.41, 5.74) is 2.53. The number of fused-ring (bicyclic) bond motifs is 1. The summed E-state index contributed by atoms with van der Waals surface area (Å²) in [6.07, 6.45) is 3.27. The average molecular weight is 493 g/mol. The predicted molar refractivity (Wildman–Crippen MR) is 139 cm³/mol. The number of amides is 1. The lowest BCUT2D eigenvalue weighted by atomic mass is 9.90. The van der Waals surface area contributed by atoms with Gasteiger partial charge in [-0.15, -0.1) is 11.3 Å². The van der Waals surface area contributed by atoms with E-state index in [4.69, 9.17) is 9.47 Å². The molecule has 2 aliphatic heterocycles. The Kier molecular flexibility index (Phi) is 7.20. The first-order valence-electron chi connectivity index (χ1n) is 12.1. The van der Waals surface area contributed by atoms with Gasteiger partial charge >= 0.3 is 0 Å². The van der Waals surface area contributed by atoms with Gasteiger partial charge in [-0.05, 0) is 53.3 Å². The fraction of sp³-hybridized carbons (Fsp3) is 0.407. The van der Waals surface area contributed by atoms with Crippen LogP contribution in [0.25, 0.3) is 0 Å². The molecule has 0 bridgehead atoms. The minimum absolute atomic E-state index is 0.118. The highest BCUT2D eigenvalue weighted by Gasteiger charge is 2.32. The highest BCUT2D eigenvalue weighted by Crippen LogP contribution is 2.42. The van der Waals surface area contributed by atoms with Gasteiger partial charge < -0.3 is 19.3 Å². The molecule has 2 aliphatic rings. The Morgan fingerprint density at radius 3 is 2.51 bits per heavy atom. The molecule has 2 aromatic heterocycles. The molecule has 1 unspecified atom stereocenters. The lowest BCUT2D eigenvalue weighted by Crippen LogP contribution is -2.49. The Bertz CT molecular complexity index is 1130. The van der Waals surface area contributed by atoms with Crippen LogP contribution < -0.4 is 14.4 Å². The number of piperazine rings is 1. The Hall–Kier alpha value is -3.10. The van der Waals surface area contributed by atoms with E-state index in [0.29, 0.717) is 6.42 Å². The predicted octanol–water partition coefficient (Wildman–Crippen LogP) is 3.85. The van der Waals surface area contributed by atoms with E-state index in [0.717, 1.165) is 63.0 Å². The SMILES string of the molecule is COc1cc2c(cc1OC)C(c1cccs1)N(CCC(=O)N1CCN(c3ccccn3)CC1)CC2. The number of methoxy groups -OCH3 is 2. The van der Waals surface area contributed by atoms with Gasteiger partial charge in [0.2, 0.25) is 5.91 Å². The van der Waals surface area contributed by atoms with Crippen LogP contribution in [0.2, 0.25) is 0 Å². The Morgan fingerprint density at radius 2 is 1.83 bits per heavy atom. The van der Waals surface area contributed by atoms with Gasteiger partial charge in [0.15, 0.2) is 11.5 Å². The fourth-order valence-corrected chi connectivity index (χ4v) is 6.02. The van der Waals surface area contributed by atoms with Crippen molar-refractivity contribution in [2.75, 3.05) is 58.4 Å². The average Bonchev–Trinajstić information content (AvgIpc) is 3.45. The standard InChI is InChI=1S/C27H32N4O3S/c1-33-22-18-20-8-11-31(27(24-6-5-17-35-24)21(20)19-23(22)34-2)12-9-26(32)30-15-13-29(14-16-30)25-7-3-4-10-28-25/h3-7,10,17-19,27H,8-9,11-16H2,1-2H3. The molecule has 5 rings (SSSR count). The second-order valence-electron chi connectivity index (χ2n) is 8.92. The molecular weight excluding hydrogens is 460 g/mol. The second-order valence-corrected chi connectivity index (χ2v) is 9.89. The summed E-state index contributed by atoms with van der Waals surface area (Å²) < 4.78 is 11.2. The molecule has 35 heavy (non-hydrogen) atoms. The van der Waals surface area contributed by atoms with Crippen molar-refractivity contribution < 1.29 is 14.3 Å². The number of hydrogen-bond acceptors (Lipinski definition) is 7. The van der Waals surface area contributed by atoms with E-state index in [-0.39, 0.29) is 11.9 Å². The van der Waals surface area contributed by atoms with Crippen LogP contribution in [0, 0.1) is 0 Å². The summed E-state index contributed by atoms with van der Waals surface area (Å²) in [4.78, 5) is 25.6. The number of carbonyl (C=O) groups excluding carboxylic acids is 1. The van der Waals surface area contributed by atoms with E-state index in [1.165, 1.54) is 16.0 Å². The molecule has 1 atom stereocenters. The number of nitrogens with zero attached hydrogens (tertiary/aromatic N) is 4. The van der Waals surface area contributed by atoms with E-state index in [2.05, 4.69) is 44.4 Å². The quantitative estimate of drug-likeness (QED) is 0.500. The number of aromatic nitrogens is 1. The minimum Gasteiger partial charge on any atom is -0.493 e. The van der Waals surface area contributed by atoms with Crippen LogP contribution in [0.15, 0.2) is 54.0 Å². The van der Waals surface area contributed by atoms with Gasteiger partial charge in [-0.25, -0.2) is 4.98 Å². The maximum Gasteiger partial charge on any atom is 0.223 e. The molecule has 0 spiro atoms. The van der Waals surface area contributed by atoms with E-state index in [1.54, 1.807) is 25.6 Å². The van der Waals surface area contributed by atoms with Crippen molar-refractivity contribution in [3.63, 3.8) is 0 Å². The molecule has 0 saturated carbocycles. The van der Waals surface area contributed by atoms with Crippen molar-refractivity contribution in [2.24, 2.45) is 0 Å². The van der Waals surface area contributed by atoms with Crippen LogP contribution in [-0.2, 0) is 11.2 Å².